The van der Waals surface area contributed by atoms with Crippen LogP contribution in [0.3, 0.4) is 0 Å². The molecule has 3 rings (SSSR count). The Hall–Kier alpha value is -3.25. The van der Waals surface area contributed by atoms with Crippen LogP contribution in [0.25, 0.3) is 0 Å². The van der Waals surface area contributed by atoms with Gasteiger partial charge in [0.05, 0.1) is 12.9 Å². The van der Waals surface area contributed by atoms with Crippen molar-refractivity contribution in [1.82, 2.24) is 10.2 Å². The molecule has 0 saturated heterocycles. The van der Waals surface area contributed by atoms with Crippen molar-refractivity contribution < 1.29 is 14.3 Å². The molecule has 35 heavy (non-hydrogen) atoms. The normalized spacial score (nSPS) is 12.4. The molecule has 1 N–H and O–H groups in total. The number of hydrogen-bond acceptors (Lipinski definition) is 4. The van der Waals surface area contributed by atoms with E-state index >= 15 is 0 Å². The smallest absolute Gasteiger partial charge is 0.243 e. The van der Waals surface area contributed by atoms with Gasteiger partial charge >= 0.3 is 0 Å². The van der Waals surface area contributed by atoms with Crippen molar-refractivity contribution in [3.8, 4) is 5.75 Å². The Morgan fingerprint density at radius 1 is 0.943 bits per heavy atom. The van der Waals surface area contributed by atoms with Gasteiger partial charge in [-0.2, -0.15) is 0 Å². The molecule has 2 amide bonds. The molecule has 0 aromatic heterocycles. The number of benzene rings is 3. The third-order valence-electron chi connectivity index (χ3n) is 5.86. The molecule has 0 aliphatic carbocycles. The highest BCUT2D eigenvalue weighted by Crippen LogP contribution is 2.22. The summed E-state index contributed by atoms with van der Waals surface area (Å²) in [5.74, 6) is 0.749. The van der Waals surface area contributed by atoms with Crippen molar-refractivity contribution in [1.29, 1.82) is 0 Å². The summed E-state index contributed by atoms with van der Waals surface area (Å²) in [5, 5.41) is 3.10. The topological polar surface area (TPSA) is 58.6 Å². The maximum atomic E-state index is 13.7. The predicted molar refractivity (Wildman–Crippen MR) is 143 cm³/mol. The minimum Gasteiger partial charge on any atom is -0.497 e. The van der Waals surface area contributed by atoms with E-state index in [-0.39, 0.29) is 23.6 Å². The third kappa shape index (κ3) is 8.18. The predicted octanol–water partition coefficient (Wildman–Crippen LogP) is 5.34. The number of carbonyl (C=O) groups excluding carboxylic acids is 2. The van der Waals surface area contributed by atoms with Crippen LogP contribution in [0.2, 0.25) is 0 Å². The van der Waals surface area contributed by atoms with E-state index in [1.165, 1.54) is 11.8 Å². The van der Waals surface area contributed by atoms with E-state index < -0.39 is 6.04 Å². The van der Waals surface area contributed by atoms with E-state index in [2.05, 4.69) is 5.32 Å². The first-order valence-electron chi connectivity index (χ1n) is 11.9. The molecule has 3 aromatic rings. The van der Waals surface area contributed by atoms with Crippen molar-refractivity contribution in [3.63, 3.8) is 0 Å². The Bertz CT molecular complexity index is 1080. The number of thioether (sulfide) groups is 1. The van der Waals surface area contributed by atoms with Crippen LogP contribution >= 0.6 is 11.8 Å². The summed E-state index contributed by atoms with van der Waals surface area (Å²) < 4.78 is 5.39. The molecule has 3 aromatic carbocycles. The number of methoxy groups -OCH3 is 1. The molecule has 6 heteroatoms. The Kier molecular flexibility index (Phi) is 10.2. The van der Waals surface area contributed by atoms with Gasteiger partial charge in [-0.1, -0.05) is 67.6 Å². The second-order valence-electron chi connectivity index (χ2n) is 8.50. The number of carbonyl (C=O) groups is 2. The standard InChI is InChI=1S/C29H34N2O3S/c1-4-22(2)30-29(33)27(19-23-12-7-5-8-13-23)31(20-24-14-11-15-25(18-24)34-3)28(32)21-35-26-16-9-6-10-17-26/h5-18,22,27H,4,19-21H2,1-3H3,(H,30,33)/t22-,27-/m0/s1. The Morgan fingerprint density at radius 2 is 1.60 bits per heavy atom. The van der Waals surface area contributed by atoms with Gasteiger partial charge in [-0.25, -0.2) is 0 Å². The van der Waals surface area contributed by atoms with Gasteiger partial charge in [-0.3, -0.25) is 9.59 Å². The van der Waals surface area contributed by atoms with Gasteiger partial charge in [0.25, 0.3) is 0 Å². The Labute approximate surface area is 212 Å². The lowest BCUT2D eigenvalue weighted by Gasteiger charge is -2.32. The van der Waals surface area contributed by atoms with Crippen LogP contribution in [-0.4, -0.2) is 41.7 Å². The number of nitrogens with one attached hydrogen (secondary N) is 1. The first-order chi connectivity index (χ1) is 17.0. The zero-order valence-corrected chi connectivity index (χ0v) is 21.5. The fourth-order valence-corrected chi connectivity index (χ4v) is 4.51. The van der Waals surface area contributed by atoms with Gasteiger partial charge in [0, 0.05) is 23.9 Å². The van der Waals surface area contributed by atoms with Gasteiger partial charge in [0.1, 0.15) is 11.8 Å². The molecule has 0 radical (unpaired) electrons. The molecule has 5 nitrogen and oxygen atoms in total. The molecule has 2 atom stereocenters. The van der Waals surface area contributed by atoms with Crippen LogP contribution in [0.5, 0.6) is 5.75 Å². The van der Waals surface area contributed by atoms with Crippen LogP contribution in [-0.2, 0) is 22.6 Å². The summed E-state index contributed by atoms with van der Waals surface area (Å²) in [6.45, 7) is 4.33. The SMILES string of the molecule is CC[C@H](C)NC(=O)[C@H](Cc1ccccc1)N(Cc1cccc(OC)c1)C(=O)CSc1ccccc1. The third-order valence-corrected chi connectivity index (χ3v) is 6.86. The molecule has 0 heterocycles. The van der Waals surface area contributed by atoms with E-state index in [1.807, 2.05) is 98.8 Å². The average molecular weight is 491 g/mol. The minimum absolute atomic E-state index is 0.0215. The molecule has 184 valence electrons. The molecule has 0 fully saturated rings. The molecule has 0 saturated carbocycles. The van der Waals surface area contributed by atoms with Crippen LogP contribution < -0.4 is 10.1 Å². The zero-order valence-electron chi connectivity index (χ0n) is 20.6. The number of nitrogens with zero attached hydrogens (tertiary/aromatic N) is 1. The van der Waals surface area contributed by atoms with Crippen molar-refractivity contribution in [2.45, 2.75) is 50.2 Å². The summed E-state index contributed by atoms with van der Waals surface area (Å²) in [7, 11) is 1.62. The van der Waals surface area contributed by atoms with Crippen LogP contribution in [0.1, 0.15) is 31.4 Å². The maximum absolute atomic E-state index is 13.7. The van der Waals surface area contributed by atoms with Gasteiger partial charge in [-0.15, -0.1) is 11.8 Å². The summed E-state index contributed by atoms with van der Waals surface area (Å²) in [6, 6.07) is 26.7. The van der Waals surface area contributed by atoms with Crippen LogP contribution in [0.15, 0.2) is 89.8 Å². The molecule has 0 spiro atoms. The molecular weight excluding hydrogens is 456 g/mol. The summed E-state index contributed by atoms with van der Waals surface area (Å²) in [6.07, 6.45) is 1.26. The number of amides is 2. The second kappa shape index (κ2) is 13.6. The van der Waals surface area contributed by atoms with E-state index in [0.717, 1.165) is 28.2 Å². The lowest BCUT2D eigenvalue weighted by atomic mass is 10.0. The highest BCUT2D eigenvalue weighted by atomic mass is 32.2. The van der Waals surface area contributed by atoms with Gasteiger partial charge < -0.3 is 15.0 Å². The number of rotatable bonds is 12. The van der Waals surface area contributed by atoms with Crippen molar-refractivity contribution in [3.05, 3.63) is 96.1 Å². The number of hydrogen-bond donors (Lipinski definition) is 1. The first-order valence-corrected chi connectivity index (χ1v) is 12.9. The Balaban J connectivity index is 1.92. The van der Waals surface area contributed by atoms with Crippen LogP contribution in [0, 0.1) is 0 Å². The second-order valence-corrected chi connectivity index (χ2v) is 9.55. The molecule has 0 bridgehead atoms. The van der Waals surface area contributed by atoms with Crippen molar-refractivity contribution in [2.75, 3.05) is 12.9 Å². The molecule has 0 unspecified atom stereocenters. The molecule has 0 aliphatic heterocycles. The minimum atomic E-state index is -0.638. The van der Waals surface area contributed by atoms with E-state index in [4.69, 9.17) is 4.74 Å². The summed E-state index contributed by atoms with van der Waals surface area (Å²) in [5.41, 5.74) is 1.92. The van der Waals surface area contributed by atoms with E-state index in [0.29, 0.717) is 13.0 Å². The highest BCUT2D eigenvalue weighted by molar-refractivity contribution is 8.00. The largest absolute Gasteiger partial charge is 0.497 e. The fourth-order valence-electron chi connectivity index (χ4n) is 3.71. The Morgan fingerprint density at radius 3 is 2.26 bits per heavy atom. The molecule has 0 aliphatic rings. The van der Waals surface area contributed by atoms with Crippen LogP contribution in [0.4, 0.5) is 0 Å². The zero-order chi connectivity index (χ0) is 25.0. The van der Waals surface area contributed by atoms with E-state index in [1.54, 1.807) is 12.0 Å². The van der Waals surface area contributed by atoms with Gasteiger partial charge in [0.2, 0.25) is 11.8 Å². The van der Waals surface area contributed by atoms with Gasteiger partial charge in [0.15, 0.2) is 0 Å². The number of ether oxygens (including phenoxy) is 1. The monoisotopic (exact) mass is 490 g/mol. The van der Waals surface area contributed by atoms with E-state index in [9.17, 15) is 9.59 Å². The fraction of sp³-hybridized carbons (Fsp3) is 0.310. The molecular formula is C29H34N2O3S. The first kappa shape index (κ1) is 26.4. The maximum Gasteiger partial charge on any atom is 0.243 e. The van der Waals surface area contributed by atoms with Crippen molar-refractivity contribution >= 4 is 23.6 Å². The van der Waals surface area contributed by atoms with Gasteiger partial charge in [-0.05, 0) is 48.7 Å². The average Bonchev–Trinajstić information content (AvgIpc) is 2.90. The highest BCUT2D eigenvalue weighted by Gasteiger charge is 2.31. The summed E-state index contributed by atoms with van der Waals surface area (Å²) >= 11 is 1.48. The van der Waals surface area contributed by atoms with Crippen molar-refractivity contribution in [2.24, 2.45) is 0 Å². The summed E-state index contributed by atoms with van der Waals surface area (Å²) in [4.78, 5) is 29.9. The lowest BCUT2D eigenvalue weighted by molar-refractivity contribution is -0.139. The lowest BCUT2D eigenvalue weighted by Crippen LogP contribution is -2.52. The quantitative estimate of drug-likeness (QED) is 0.348.